The van der Waals surface area contributed by atoms with E-state index < -0.39 is 5.54 Å². The molecular formula is C16H25NO4. The molecule has 5 nitrogen and oxygen atoms in total. The molecule has 0 amide bonds. The van der Waals surface area contributed by atoms with Gasteiger partial charge < -0.3 is 14.2 Å². The SMILES string of the molecule is CCC(C)NC(C)(C(=O)OC)c1ccc(OC)c(OC)c1. The van der Waals surface area contributed by atoms with Crippen LogP contribution < -0.4 is 14.8 Å². The largest absolute Gasteiger partial charge is 0.493 e. The first-order valence-electron chi connectivity index (χ1n) is 7.01. The highest BCUT2D eigenvalue weighted by Crippen LogP contribution is 2.33. The highest BCUT2D eigenvalue weighted by molar-refractivity contribution is 5.82. The van der Waals surface area contributed by atoms with Crippen LogP contribution >= 0.6 is 0 Å². The molecular weight excluding hydrogens is 270 g/mol. The van der Waals surface area contributed by atoms with Crippen molar-refractivity contribution in [2.75, 3.05) is 21.3 Å². The molecule has 0 aromatic heterocycles. The maximum absolute atomic E-state index is 12.3. The van der Waals surface area contributed by atoms with Gasteiger partial charge in [-0.05, 0) is 38.0 Å². The zero-order valence-corrected chi connectivity index (χ0v) is 13.6. The molecule has 1 rings (SSSR count). The summed E-state index contributed by atoms with van der Waals surface area (Å²) in [6.07, 6.45) is 0.903. The number of benzene rings is 1. The number of carbonyl (C=O) groups is 1. The molecule has 0 aliphatic rings. The fraction of sp³-hybridized carbons (Fsp3) is 0.562. The standard InChI is InChI=1S/C16H25NO4/c1-7-11(2)17-16(3,15(18)21-6)12-8-9-13(19-4)14(10-12)20-5/h8-11,17H,7H2,1-6H3. The minimum Gasteiger partial charge on any atom is -0.493 e. The van der Waals surface area contributed by atoms with Gasteiger partial charge in [-0.1, -0.05) is 13.0 Å². The minimum atomic E-state index is -0.941. The van der Waals surface area contributed by atoms with E-state index in [4.69, 9.17) is 14.2 Å². The van der Waals surface area contributed by atoms with Gasteiger partial charge in [-0.3, -0.25) is 5.32 Å². The predicted octanol–water partition coefficient (Wildman–Crippen LogP) is 2.48. The van der Waals surface area contributed by atoms with Gasteiger partial charge in [0.2, 0.25) is 0 Å². The number of nitrogens with one attached hydrogen (secondary N) is 1. The number of esters is 1. The molecule has 0 saturated heterocycles. The van der Waals surface area contributed by atoms with Gasteiger partial charge in [0, 0.05) is 6.04 Å². The van der Waals surface area contributed by atoms with E-state index in [1.807, 2.05) is 19.9 Å². The summed E-state index contributed by atoms with van der Waals surface area (Å²) in [6, 6.07) is 5.59. The van der Waals surface area contributed by atoms with Gasteiger partial charge in [0.1, 0.15) is 5.54 Å². The van der Waals surface area contributed by atoms with E-state index in [9.17, 15) is 4.79 Å². The number of hydrogen-bond donors (Lipinski definition) is 1. The molecule has 0 fully saturated rings. The molecule has 0 saturated carbocycles. The molecule has 0 aliphatic carbocycles. The number of hydrogen-bond acceptors (Lipinski definition) is 5. The van der Waals surface area contributed by atoms with E-state index in [1.165, 1.54) is 7.11 Å². The zero-order valence-electron chi connectivity index (χ0n) is 13.6. The smallest absolute Gasteiger partial charge is 0.330 e. The summed E-state index contributed by atoms with van der Waals surface area (Å²) in [5.74, 6) is 0.864. The van der Waals surface area contributed by atoms with Crippen LogP contribution in [0.25, 0.3) is 0 Å². The molecule has 2 atom stereocenters. The number of methoxy groups -OCH3 is 3. The average Bonchev–Trinajstić information content (AvgIpc) is 2.52. The highest BCUT2D eigenvalue weighted by atomic mass is 16.5. The molecule has 0 radical (unpaired) electrons. The van der Waals surface area contributed by atoms with Crippen LogP contribution in [0, 0.1) is 0 Å². The fourth-order valence-corrected chi connectivity index (χ4v) is 2.21. The van der Waals surface area contributed by atoms with Crippen LogP contribution in [0.5, 0.6) is 11.5 Å². The molecule has 21 heavy (non-hydrogen) atoms. The van der Waals surface area contributed by atoms with E-state index in [2.05, 4.69) is 12.2 Å². The van der Waals surface area contributed by atoms with E-state index in [0.29, 0.717) is 11.5 Å². The molecule has 2 unspecified atom stereocenters. The molecule has 1 aromatic carbocycles. The summed E-state index contributed by atoms with van der Waals surface area (Å²) in [6.45, 7) is 5.90. The van der Waals surface area contributed by atoms with Gasteiger partial charge in [0.25, 0.3) is 0 Å². The van der Waals surface area contributed by atoms with Crippen molar-refractivity contribution in [1.29, 1.82) is 0 Å². The van der Waals surface area contributed by atoms with Crippen LogP contribution in [0.1, 0.15) is 32.8 Å². The van der Waals surface area contributed by atoms with Crippen LogP contribution in [0.2, 0.25) is 0 Å². The molecule has 5 heteroatoms. The molecule has 1 aromatic rings. The quantitative estimate of drug-likeness (QED) is 0.783. The Labute approximate surface area is 126 Å². The third-order valence-electron chi connectivity index (χ3n) is 3.70. The second kappa shape index (κ2) is 7.31. The second-order valence-corrected chi connectivity index (χ2v) is 5.14. The van der Waals surface area contributed by atoms with Crippen molar-refractivity contribution < 1.29 is 19.0 Å². The summed E-state index contributed by atoms with van der Waals surface area (Å²) in [7, 11) is 4.54. The number of ether oxygens (including phenoxy) is 3. The van der Waals surface area contributed by atoms with E-state index >= 15 is 0 Å². The molecule has 0 bridgehead atoms. The van der Waals surface area contributed by atoms with Gasteiger partial charge >= 0.3 is 5.97 Å². The Morgan fingerprint density at radius 2 is 1.86 bits per heavy atom. The Balaban J connectivity index is 3.29. The lowest BCUT2D eigenvalue weighted by molar-refractivity contribution is -0.148. The lowest BCUT2D eigenvalue weighted by atomic mass is 9.90. The molecule has 0 aliphatic heterocycles. The summed E-state index contributed by atoms with van der Waals surface area (Å²) >= 11 is 0. The Kier molecular flexibility index (Phi) is 6.03. The lowest BCUT2D eigenvalue weighted by Crippen LogP contribution is -2.51. The van der Waals surface area contributed by atoms with E-state index in [-0.39, 0.29) is 12.0 Å². The molecule has 0 spiro atoms. The van der Waals surface area contributed by atoms with Gasteiger partial charge in [0.05, 0.1) is 21.3 Å². The van der Waals surface area contributed by atoms with Crippen LogP contribution in [-0.4, -0.2) is 33.3 Å². The number of carbonyl (C=O) groups excluding carboxylic acids is 1. The van der Waals surface area contributed by atoms with Crippen molar-refractivity contribution in [2.24, 2.45) is 0 Å². The van der Waals surface area contributed by atoms with Crippen molar-refractivity contribution in [2.45, 2.75) is 38.8 Å². The third kappa shape index (κ3) is 3.67. The van der Waals surface area contributed by atoms with Crippen molar-refractivity contribution in [3.8, 4) is 11.5 Å². The van der Waals surface area contributed by atoms with E-state index in [0.717, 1.165) is 12.0 Å². The summed E-state index contributed by atoms with van der Waals surface area (Å²) in [5, 5.41) is 3.33. The van der Waals surface area contributed by atoms with Gasteiger partial charge in [-0.25, -0.2) is 4.79 Å². The summed E-state index contributed by atoms with van der Waals surface area (Å²) in [5.41, 5.74) is -0.170. The number of rotatable bonds is 7. The maximum Gasteiger partial charge on any atom is 0.330 e. The molecule has 118 valence electrons. The van der Waals surface area contributed by atoms with Crippen molar-refractivity contribution in [1.82, 2.24) is 5.32 Å². The van der Waals surface area contributed by atoms with Crippen molar-refractivity contribution in [3.05, 3.63) is 23.8 Å². The van der Waals surface area contributed by atoms with Crippen LogP contribution in [0.3, 0.4) is 0 Å². The summed E-state index contributed by atoms with van der Waals surface area (Å²) in [4.78, 5) is 12.3. The first-order valence-corrected chi connectivity index (χ1v) is 7.01. The predicted molar refractivity (Wildman–Crippen MR) is 81.8 cm³/mol. The molecule has 0 heterocycles. The highest BCUT2D eigenvalue weighted by Gasteiger charge is 2.37. The Bertz CT molecular complexity index is 489. The van der Waals surface area contributed by atoms with Crippen molar-refractivity contribution in [3.63, 3.8) is 0 Å². The van der Waals surface area contributed by atoms with Gasteiger partial charge in [0.15, 0.2) is 11.5 Å². The monoisotopic (exact) mass is 295 g/mol. The van der Waals surface area contributed by atoms with Crippen LogP contribution in [-0.2, 0) is 15.1 Å². The first-order chi connectivity index (χ1) is 9.92. The average molecular weight is 295 g/mol. The maximum atomic E-state index is 12.3. The third-order valence-corrected chi connectivity index (χ3v) is 3.70. The Morgan fingerprint density at radius 1 is 1.24 bits per heavy atom. The minimum absolute atomic E-state index is 0.169. The topological polar surface area (TPSA) is 56.8 Å². The van der Waals surface area contributed by atoms with E-state index in [1.54, 1.807) is 26.4 Å². The van der Waals surface area contributed by atoms with Crippen LogP contribution in [0.4, 0.5) is 0 Å². The van der Waals surface area contributed by atoms with Gasteiger partial charge in [-0.15, -0.1) is 0 Å². The van der Waals surface area contributed by atoms with Crippen LogP contribution in [0.15, 0.2) is 18.2 Å². The summed E-state index contributed by atoms with van der Waals surface area (Å²) < 4.78 is 15.5. The molecule has 1 N–H and O–H groups in total. The first kappa shape index (κ1) is 17.3. The fourth-order valence-electron chi connectivity index (χ4n) is 2.21. The Hall–Kier alpha value is -1.75. The zero-order chi connectivity index (χ0) is 16.0. The lowest BCUT2D eigenvalue weighted by Gasteiger charge is -2.32. The normalized spacial score (nSPS) is 15.0. The van der Waals surface area contributed by atoms with Crippen molar-refractivity contribution >= 4 is 5.97 Å². The second-order valence-electron chi connectivity index (χ2n) is 5.14. The Morgan fingerprint density at radius 3 is 2.33 bits per heavy atom. The van der Waals surface area contributed by atoms with Gasteiger partial charge in [-0.2, -0.15) is 0 Å².